The van der Waals surface area contributed by atoms with Crippen molar-refractivity contribution >= 4 is 11.6 Å². The number of hydrogen-bond donors (Lipinski definition) is 1. The van der Waals surface area contributed by atoms with Crippen molar-refractivity contribution < 1.29 is 22.9 Å². The van der Waals surface area contributed by atoms with E-state index in [1.54, 1.807) is 12.1 Å². The first-order chi connectivity index (χ1) is 11.7. The van der Waals surface area contributed by atoms with Crippen LogP contribution in [-0.2, 0) is 4.79 Å². The summed E-state index contributed by atoms with van der Waals surface area (Å²) in [5.41, 5.74) is -1.32. The van der Waals surface area contributed by atoms with Crippen LogP contribution in [0, 0.1) is 15.5 Å². The van der Waals surface area contributed by atoms with Crippen LogP contribution in [-0.4, -0.2) is 23.0 Å². The van der Waals surface area contributed by atoms with Gasteiger partial charge in [-0.05, 0) is 37.2 Å². The predicted molar refractivity (Wildman–Crippen MR) is 84.0 cm³/mol. The Morgan fingerprint density at radius 3 is 2.20 bits per heavy atom. The fourth-order valence-corrected chi connectivity index (χ4v) is 3.82. The van der Waals surface area contributed by atoms with Crippen LogP contribution in [0.5, 0.6) is 0 Å². The molecule has 0 bridgehead atoms. The molecule has 0 unspecified atom stereocenters. The lowest BCUT2D eigenvalue weighted by atomic mass is 9.75. The molecule has 1 amide bonds. The molecule has 0 aromatic heterocycles. The molecule has 3 rings (SSSR count). The standard InChI is InChI=1S/C17H19F3N2O3/c18-17(19,20)16(7-1-2-8-16)15(23)21-13-9-12(10-13)11-3-5-14(6-4-11)22(24)25/h3-6,12-13H,1-2,7-10H2,(H,21,23). The number of amides is 1. The van der Waals surface area contributed by atoms with Gasteiger partial charge in [-0.2, -0.15) is 13.2 Å². The van der Waals surface area contributed by atoms with Crippen molar-refractivity contribution in [2.45, 2.75) is 56.7 Å². The van der Waals surface area contributed by atoms with Crippen molar-refractivity contribution in [3.63, 3.8) is 0 Å². The third kappa shape index (κ3) is 3.21. The summed E-state index contributed by atoms with van der Waals surface area (Å²) < 4.78 is 40.1. The number of benzene rings is 1. The van der Waals surface area contributed by atoms with Crippen molar-refractivity contribution in [3.05, 3.63) is 39.9 Å². The molecule has 1 aromatic rings. The number of non-ortho nitro benzene ring substituents is 1. The number of hydrogen-bond acceptors (Lipinski definition) is 3. The molecule has 0 radical (unpaired) electrons. The lowest BCUT2D eigenvalue weighted by Crippen LogP contribution is -2.54. The molecule has 2 aliphatic rings. The van der Waals surface area contributed by atoms with Crippen LogP contribution in [0.3, 0.4) is 0 Å². The summed E-state index contributed by atoms with van der Waals surface area (Å²) in [4.78, 5) is 22.4. The molecule has 0 spiro atoms. The van der Waals surface area contributed by atoms with Crippen LogP contribution in [0.1, 0.15) is 50.0 Å². The Morgan fingerprint density at radius 1 is 1.16 bits per heavy atom. The molecule has 25 heavy (non-hydrogen) atoms. The average Bonchev–Trinajstić information content (AvgIpc) is 3.01. The topological polar surface area (TPSA) is 72.2 Å². The number of carbonyl (C=O) groups is 1. The normalized spacial score (nSPS) is 25.2. The summed E-state index contributed by atoms with van der Waals surface area (Å²) in [5.74, 6) is -0.791. The fraction of sp³-hybridized carbons (Fsp3) is 0.588. The van der Waals surface area contributed by atoms with E-state index in [1.807, 2.05) is 0 Å². The molecule has 136 valence electrons. The summed E-state index contributed by atoms with van der Waals surface area (Å²) in [6.45, 7) is 0. The van der Waals surface area contributed by atoms with Gasteiger partial charge in [0.1, 0.15) is 5.41 Å². The molecule has 0 saturated heterocycles. The van der Waals surface area contributed by atoms with E-state index in [4.69, 9.17) is 0 Å². The van der Waals surface area contributed by atoms with Gasteiger partial charge in [0.05, 0.1) is 4.92 Å². The fourth-order valence-electron chi connectivity index (χ4n) is 3.82. The molecular formula is C17H19F3N2O3. The van der Waals surface area contributed by atoms with E-state index < -0.39 is 22.4 Å². The van der Waals surface area contributed by atoms with Crippen molar-refractivity contribution in [2.75, 3.05) is 0 Å². The van der Waals surface area contributed by atoms with Crippen LogP contribution in [0.25, 0.3) is 0 Å². The Morgan fingerprint density at radius 2 is 1.72 bits per heavy atom. The molecule has 0 aliphatic heterocycles. The number of carbonyl (C=O) groups excluding carboxylic acids is 1. The largest absolute Gasteiger partial charge is 0.403 e. The maximum Gasteiger partial charge on any atom is 0.403 e. The Bertz CT molecular complexity index is 661. The second-order valence-electron chi connectivity index (χ2n) is 6.97. The van der Waals surface area contributed by atoms with E-state index >= 15 is 0 Å². The zero-order valence-corrected chi connectivity index (χ0v) is 13.5. The maximum atomic E-state index is 13.4. The highest BCUT2D eigenvalue weighted by Gasteiger charge is 2.61. The summed E-state index contributed by atoms with van der Waals surface area (Å²) in [7, 11) is 0. The Labute approximate surface area is 142 Å². The Kier molecular flexibility index (Phi) is 4.47. The highest BCUT2D eigenvalue weighted by atomic mass is 19.4. The number of nitrogens with zero attached hydrogens (tertiary/aromatic N) is 1. The number of nitro groups is 1. The van der Waals surface area contributed by atoms with Gasteiger partial charge in [0.15, 0.2) is 0 Å². The van der Waals surface area contributed by atoms with E-state index in [1.165, 1.54) is 12.1 Å². The Hall–Kier alpha value is -2.12. The SMILES string of the molecule is O=C(NC1CC(c2ccc([N+](=O)[O-])cc2)C1)C1(C(F)(F)F)CCCC1. The second kappa shape index (κ2) is 6.31. The van der Waals surface area contributed by atoms with Crippen molar-refractivity contribution in [3.8, 4) is 0 Å². The molecule has 2 saturated carbocycles. The smallest absolute Gasteiger partial charge is 0.353 e. The lowest BCUT2D eigenvalue weighted by Gasteiger charge is -2.39. The molecule has 1 N–H and O–H groups in total. The number of halogens is 3. The minimum Gasteiger partial charge on any atom is -0.353 e. The van der Waals surface area contributed by atoms with E-state index in [0.29, 0.717) is 25.7 Å². The minimum atomic E-state index is -4.52. The van der Waals surface area contributed by atoms with E-state index in [-0.39, 0.29) is 30.5 Å². The van der Waals surface area contributed by atoms with Gasteiger partial charge < -0.3 is 5.32 Å². The quantitative estimate of drug-likeness (QED) is 0.653. The van der Waals surface area contributed by atoms with Crippen LogP contribution < -0.4 is 5.32 Å². The van der Waals surface area contributed by atoms with Crippen molar-refractivity contribution in [2.24, 2.45) is 5.41 Å². The summed E-state index contributed by atoms with van der Waals surface area (Å²) in [5, 5.41) is 13.2. The minimum absolute atomic E-state index is 0.00118. The summed E-state index contributed by atoms with van der Waals surface area (Å²) >= 11 is 0. The van der Waals surface area contributed by atoms with E-state index in [9.17, 15) is 28.1 Å². The van der Waals surface area contributed by atoms with E-state index in [0.717, 1.165) is 5.56 Å². The highest BCUT2D eigenvalue weighted by Crippen LogP contribution is 2.51. The zero-order valence-electron chi connectivity index (χ0n) is 13.5. The van der Waals surface area contributed by atoms with Gasteiger partial charge in [-0.15, -0.1) is 0 Å². The average molecular weight is 356 g/mol. The summed E-state index contributed by atoms with van der Waals surface area (Å²) in [6.07, 6.45) is -2.85. The first kappa shape index (κ1) is 17.7. The molecule has 0 atom stereocenters. The highest BCUT2D eigenvalue weighted by molar-refractivity contribution is 5.84. The third-order valence-corrected chi connectivity index (χ3v) is 5.48. The molecule has 1 aromatic carbocycles. The first-order valence-corrected chi connectivity index (χ1v) is 8.35. The lowest BCUT2D eigenvalue weighted by molar-refractivity contribution is -0.384. The van der Waals surface area contributed by atoms with Gasteiger partial charge in [0.25, 0.3) is 5.69 Å². The maximum absolute atomic E-state index is 13.4. The number of alkyl halides is 3. The molecule has 5 nitrogen and oxygen atoms in total. The van der Waals surface area contributed by atoms with Crippen molar-refractivity contribution in [1.82, 2.24) is 5.32 Å². The Balaban J connectivity index is 1.58. The molecular weight excluding hydrogens is 337 g/mol. The van der Waals surface area contributed by atoms with Crippen LogP contribution >= 0.6 is 0 Å². The van der Waals surface area contributed by atoms with Gasteiger partial charge >= 0.3 is 6.18 Å². The first-order valence-electron chi connectivity index (χ1n) is 8.35. The molecule has 2 fully saturated rings. The van der Waals surface area contributed by atoms with Gasteiger partial charge in [-0.1, -0.05) is 25.0 Å². The molecule has 2 aliphatic carbocycles. The third-order valence-electron chi connectivity index (χ3n) is 5.48. The monoisotopic (exact) mass is 356 g/mol. The zero-order chi connectivity index (χ0) is 18.2. The van der Waals surface area contributed by atoms with Gasteiger partial charge in [-0.3, -0.25) is 14.9 Å². The van der Waals surface area contributed by atoms with Gasteiger partial charge in [-0.25, -0.2) is 0 Å². The van der Waals surface area contributed by atoms with Crippen LogP contribution in [0.4, 0.5) is 18.9 Å². The predicted octanol–water partition coefficient (Wildman–Crippen LogP) is 4.08. The van der Waals surface area contributed by atoms with Gasteiger partial charge in [0, 0.05) is 18.2 Å². The van der Waals surface area contributed by atoms with Crippen LogP contribution in [0.2, 0.25) is 0 Å². The van der Waals surface area contributed by atoms with E-state index in [2.05, 4.69) is 5.32 Å². The van der Waals surface area contributed by atoms with Crippen LogP contribution in [0.15, 0.2) is 24.3 Å². The molecule has 0 heterocycles. The summed E-state index contributed by atoms with van der Waals surface area (Å²) in [6, 6.07) is 5.88. The number of nitro benzene ring substituents is 1. The number of rotatable bonds is 4. The molecule has 8 heteroatoms. The van der Waals surface area contributed by atoms with Gasteiger partial charge in [0.2, 0.25) is 5.91 Å². The second-order valence-corrected chi connectivity index (χ2v) is 6.97. The van der Waals surface area contributed by atoms with Crippen molar-refractivity contribution in [1.29, 1.82) is 0 Å². The number of nitrogens with one attached hydrogen (secondary N) is 1.